The Kier molecular flexibility index (Phi) is 5.22. The summed E-state index contributed by atoms with van der Waals surface area (Å²) in [5.41, 5.74) is 0.515. The maximum absolute atomic E-state index is 12.8. The van der Waals surface area contributed by atoms with E-state index >= 15 is 0 Å². The largest absolute Gasteiger partial charge is 0.326 e. The highest BCUT2D eigenvalue weighted by Gasteiger charge is 2.04. The van der Waals surface area contributed by atoms with Crippen molar-refractivity contribution >= 4 is 23.2 Å². The number of anilines is 1. The van der Waals surface area contributed by atoms with Crippen LogP contribution in [0.3, 0.4) is 0 Å². The van der Waals surface area contributed by atoms with Crippen LogP contribution in [0.2, 0.25) is 5.02 Å². The van der Waals surface area contributed by atoms with E-state index < -0.39 is 5.82 Å². The Morgan fingerprint density at radius 2 is 2.25 bits per heavy atom. The summed E-state index contributed by atoms with van der Waals surface area (Å²) < 4.78 is 12.8. The Hall–Kier alpha value is -1.13. The van der Waals surface area contributed by atoms with Crippen molar-refractivity contribution < 1.29 is 9.18 Å². The maximum atomic E-state index is 12.8. The highest BCUT2D eigenvalue weighted by Crippen LogP contribution is 2.19. The molecule has 0 spiro atoms. The molecule has 0 radical (unpaired) electrons. The molecule has 1 rings (SSSR count). The van der Waals surface area contributed by atoms with Crippen LogP contribution in [-0.2, 0) is 4.79 Å². The van der Waals surface area contributed by atoms with Gasteiger partial charge in [-0.25, -0.2) is 4.39 Å². The second-order valence-corrected chi connectivity index (χ2v) is 3.79. The lowest BCUT2D eigenvalue weighted by atomic mass is 10.2. The quantitative estimate of drug-likeness (QED) is 0.781. The number of hydrogen-bond donors (Lipinski definition) is 2. The van der Waals surface area contributed by atoms with E-state index in [1.165, 1.54) is 18.2 Å². The van der Waals surface area contributed by atoms with Gasteiger partial charge >= 0.3 is 0 Å². The van der Waals surface area contributed by atoms with E-state index in [9.17, 15) is 9.18 Å². The van der Waals surface area contributed by atoms with Crippen molar-refractivity contribution in [1.82, 2.24) is 5.32 Å². The molecule has 1 aromatic carbocycles. The zero-order valence-electron chi connectivity index (χ0n) is 9.02. The van der Waals surface area contributed by atoms with Crippen molar-refractivity contribution in [1.29, 1.82) is 0 Å². The molecular formula is C11H14ClFN2O. The molecule has 88 valence electrons. The summed E-state index contributed by atoms with van der Waals surface area (Å²) in [5.74, 6) is -0.590. The summed E-state index contributed by atoms with van der Waals surface area (Å²) >= 11 is 5.59. The molecule has 16 heavy (non-hydrogen) atoms. The van der Waals surface area contributed by atoms with Gasteiger partial charge in [-0.05, 0) is 38.2 Å². The molecule has 1 aromatic rings. The lowest BCUT2D eigenvalue weighted by molar-refractivity contribution is -0.116. The van der Waals surface area contributed by atoms with Crippen LogP contribution in [0, 0.1) is 5.82 Å². The monoisotopic (exact) mass is 244 g/mol. The molecule has 0 aliphatic heterocycles. The fourth-order valence-electron chi connectivity index (χ4n) is 1.22. The van der Waals surface area contributed by atoms with Crippen LogP contribution in [-0.4, -0.2) is 19.5 Å². The van der Waals surface area contributed by atoms with Gasteiger partial charge in [-0.15, -0.1) is 0 Å². The number of carbonyl (C=O) groups is 1. The second-order valence-electron chi connectivity index (χ2n) is 3.38. The third kappa shape index (κ3) is 4.16. The van der Waals surface area contributed by atoms with Gasteiger partial charge in [-0.3, -0.25) is 4.79 Å². The SMILES string of the molecule is CNCCCC(=O)Nc1ccc(F)c(Cl)c1. The van der Waals surface area contributed by atoms with Crippen molar-refractivity contribution in [2.75, 3.05) is 18.9 Å². The average molecular weight is 245 g/mol. The topological polar surface area (TPSA) is 41.1 Å². The van der Waals surface area contributed by atoms with Crippen molar-refractivity contribution in [3.63, 3.8) is 0 Å². The minimum absolute atomic E-state index is 0.00743. The Bertz CT molecular complexity index is 371. The number of carbonyl (C=O) groups excluding carboxylic acids is 1. The molecule has 0 aliphatic carbocycles. The van der Waals surface area contributed by atoms with Crippen LogP contribution in [0.5, 0.6) is 0 Å². The second kappa shape index (κ2) is 6.45. The lowest BCUT2D eigenvalue weighted by Crippen LogP contribution is -2.15. The Morgan fingerprint density at radius 3 is 2.88 bits per heavy atom. The van der Waals surface area contributed by atoms with E-state index in [0.717, 1.165) is 13.0 Å². The van der Waals surface area contributed by atoms with Crippen molar-refractivity contribution in [2.45, 2.75) is 12.8 Å². The van der Waals surface area contributed by atoms with Gasteiger partial charge in [-0.1, -0.05) is 11.6 Å². The first-order valence-electron chi connectivity index (χ1n) is 5.03. The molecule has 0 bridgehead atoms. The minimum atomic E-state index is -0.491. The molecule has 0 fully saturated rings. The van der Waals surface area contributed by atoms with Gasteiger partial charge in [0.1, 0.15) is 5.82 Å². The number of nitrogens with one attached hydrogen (secondary N) is 2. The highest BCUT2D eigenvalue weighted by molar-refractivity contribution is 6.31. The van der Waals surface area contributed by atoms with Gasteiger partial charge < -0.3 is 10.6 Å². The summed E-state index contributed by atoms with van der Waals surface area (Å²) in [6, 6.07) is 4.11. The first kappa shape index (κ1) is 12.9. The van der Waals surface area contributed by atoms with Gasteiger partial charge in [0.2, 0.25) is 5.91 Å². The smallest absolute Gasteiger partial charge is 0.224 e. The molecule has 3 nitrogen and oxygen atoms in total. The number of benzene rings is 1. The van der Waals surface area contributed by atoms with Crippen LogP contribution in [0.25, 0.3) is 0 Å². The van der Waals surface area contributed by atoms with Crippen LogP contribution in [0.1, 0.15) is 12.8 Å². The molecule has 1 amide bonds. The molecule has 0 aromatic heterocycles. The molecule has 0 atom stereocenters. The third-order valence-corrected chi connectivity index (χ3v) is 2.32. The molecule has 0 saturated carbocycles. The first-order valence-corrected chi connectivity index (χ1v) is 5.41. The van der Waals surface area contributed by atoms with Crippen LogP contribution in [0.4, 0.5) is 10.1 Å². The van der Waals surface area contributed by atoms with E-state index in [4.69, 9.17) is 11.6 Å². The number of amides is 1. The van der Waals surface area contributed by atoms with Crippen molar-refractivity contribution in [3.05, 3.63) is 29.0 Å². The van der Waals surface area contributed by atoms with Gasteiger partial charge in [0.05, 0.1) is 5.02 Å². The van der Waals surface area contributed by atoms with E-state index in [0.29, 0.717) is 12.1 Å². The Labute approximate surface area is 99.0 Å². The van der Waals surface area contributed by atoms with E-state index in [-0.39, 0.29) is 10.9 Å². The molecule has 5 heteroatoms. The molecule has 0 unspecified atom stereocenters. The van der Waals surface area contributed by atoms with Crippen molar-refractivity contribution in [2.24, 2.45) is 0 Å². The minimum Gasteiger partial charge on any atom is -0.326 e. The third-order valence-electron chi connectivity index (χ3n) is 2.03. The Balaban J connectivity index is 2.46. The Morgan fingerprint density at radius 1 is 1.50 bits per heavy atom. The van der Waals surface area contributed by atoms with Crippen LogP contribution < -0.4 is 10.6 Å². The fourth-order valence-corrected chi connectivity index (χ4v) is 1.40. The first-order chi connectivity index (χ1) is 7.63. The summed E-state index contributed by atoms with van der Waals surface area (Å²) in [5, 5.41) is 5.61. The van der Waals surface area contributed by atoms with E-state index in [1.807, 2.05) is 7.05 Å². The predicted octanol–water partition coefficient (Wildman–Crippen LogP) is 2.42. The zero-order chi connectivity index (χ0) is 12.0. The summed E-state index contributed by atoms with van der Waals surface area (Å²) in [6.07, 6.45) is 1.19. The predicted molar refractivity (Wildman–Crippen MR) is 63.2 cm³/mol. The molecule has 2 N–H and O–H groups in total. The van der Waals surface area contributed by atoms with Gasteiger partial charge in [0.25, 0.3) is 0 Å². The normalized spacial score (nSPS) is 10.2. The number of rotatable bonds is 5. The van der Waals surface area contributed by atoms with Crippen LogP contribution in [0.15, 0.2) is 18.2 Å². The van der Waals surface area contributed by atoms with Gasteiger partial charge in [0, 0.05) is 12.1 Å². The van der Waals surface area contributed by atoms with E-state index in [1.54, 1.807) is 0 Å². The van der Waals surface area contributed by atoms with Crippen LogP contribution >= 0.6 is 11.6 Å². The molecular weight excluding hydrogens is 231 g/mol. The van der Waals surface area contributed by atoms with E-state index in [2.05, 4.69) is 10.6 Å². The summed E-state index contributed by atoms with van der Waals surface area (Å²) in [6.45, 7) is 0.789. The molecule has 0 heterocycles. The fraction of sp³-hybridized carbons (Fsp3) is 0.364. The number of hydrogen-bond acceptors (Lipinski definition) is 2. The van der Waals surface area contributed by atoms with Gasteiger partial charge in [-0.2, -0.15) is 0 Å². The summed E-state index contributed by atoms with van der Waals surface area (Å²) in [7, 11) is 1.83. The number of halogens is 2. The standard InChI is InChI=1S/C11H14ClFN2O/c1-14-6-2-3-11(16)15-8-4-5-10(13)9(12)7-8/h4-5,7,14H,2-3,6H2,1H3,(H,15,16). The molecule has 0 saturated heterocycles. The average Bonchev–Trinajstić information content (AvgIpc) is 2.24. The van der Waals surface area contributed by atoms with Crippen molar-refractivity contribution in [3.8, 4) is 0 Å². The summed E-state index contributed by atoms with van der Waals surface area (Å²) in [4.78, 5) is 11.4. The lowest BCUT2D eigenvalue weighted by Gasteiger charge is -2.05. The molecule has 0 aliphatic rings. The van der Waals surface area contributed by atoms with Gasteiger partial charge in [0.15, 0.2) is 0 Å². The zero-order valence-corrected chi connectivity index (χ0v) is 9.77. The highest BCUT2D eigenvalue weighted by atomic mass is 35.5. The maximum Gasteiger partial charge on any atom is 0.224 e.